The molecule has 4 nitrogen and oxygen atoms in total. The van der Waals surface area contributed by atoms with Crippen LogP contribution in [0.25, 0.3) is 0 Å². The Morgan fingerprint density at radius 3 is 2.55 bits per heavy atom. The number of likely N-dealkylation sites (tertiary alicyclic amines) is 1. The van der Waals surface area contributed by atoms with Gasteiger partial charge in [0.2, 0.25) is 5.91 Å². The first kappa shape index (κ1) is 16.8. The first-order valence-electron chi connectivity index (χ1n) is 6.88. The number of hydrogen-bond donors (Lipinski definition) is 0. The van der Waals surface area contributed by atoms with Crippen molar-refractivity contribution in [3.05, 3.63) is 0 Å². The second-order valence-corrected chi connectivity index (χ2v) is 5.20. The SMILES string of the molecule is CCCCN(C)C(=O)C1CCCN(C(=O)C(F)(F)F)C1. The van der Waals surface area contributed by atoms with Gasteiger partial charge < -0.3 is 9.80 Å². The summed E-state index contributed by atoms with van der Waals surface area (Å²) in [6.45, 7) is 2.54. The minimum Gasteiger partial charge on any atom is -0.345 e. The Hall–Kier alpha value is -1.27. The summed E-state index contributed by atoms with van der Waals surface area (Å²) in [6.07, 6.45) is -2.09. The van der Waals surface area contributed by atoms with Crippen LogP contribution >= 0.6 is 0 Å². The molecule has 0 N–H and O–H groups in total. The molecule has 1 aliphatic heterocycles. The number of nitrogens with zero attached hydrogens (tertiary/aromatic N) is 2. The molecular weight excluding hydrogens is 273 g/mol. The molecule has 0 aromatic carbocycles. The van der Waals surface area contributed by atoms with E-state index in [4.69, 9.17) is 0 Å². The van der Waals surface area contributed by atoms with E-state index >= 15 is 0 Å². The van der Waals surface area contributed by atoms with Crippen LogP contribution in [0, 0.1) is 5.92 Å². The summed E-state index contributed by atoms with van der Waals surface area (Å²) in [7, 11) is 1.66. The van der Waals surface area contributed by atoms with Gasteiger partial charge in [0.15, 0.2) is 0 Å². The van der Waals surface area contributed by atoms with Gasteiger partial charge in [-0.05, 0) is 19.3 Å². The number of carbonyl (C=O) groups is 2. The number of hydrogen-bond acceptors (Lipinski definition) is 2. The molecule has 2 amide bonds. The van der Waals surface area contributed by atoms with Crippen molar-refractivity contribution in [2.75, 3.05) is 26.7 Å². The number of unbranched alkanes of at least 4 members (excludes halogenated alkanes) is 1. The summed E-state index contributed by atoms with van der Waals surface area (Å²) in [5.74, 6) is -2.53. The van der Waals surface area contributed by atoms with Gasteiger partial charge in [0.1, 0.15) is 0 Å². The van der Waals surface area contributed by atoms with Crippen molar-refractivity contribution in [2.45, 2.75) is 38.8 Å². The summed E-state index contributed by atoms with van der Waals surface area (Å²) in [5, 5.41) is 0. The van der Waals surface area contributed by atoms with Crippen LogP contribution in [-0.2, 0) is 9.59 Å². The van der Waals surface area contributed by atoms with E-state index in [9.17, 15) is 22.8 Å². The zero-order valence-corrected chi connectivity index (χ0v) is 11.9. The molecule has 1 saturated heterocycles. The third-order valence-electron chi connectivity index (χ3n) is 3.52. The van der Waals surface area contributed by atoms with Crippen LogP contribution in [-0.4, -0.2) is 54.5 Å². The Bertz CT molecular complexity index is 358. The second-order valence-electron chi connectivity index (χ2n) is 5.20. The Kier molecular flexibility index (Phi) is 5.83. The molecule has 0 spiro atoms. The predicted molar refractivity (Wildman–Crippen MR) is 67.9 cm³/mol. The van der Waals surface area contributed by atoms with Crippen molar-refractivity contribution in [2.24, 2.45) is 5.92 Å². The van der Waals surface area contributed by atoms with Gasteiger partial charge in [-0.3, -0.25) is 9.59 Å². The number of piperidine rings is 1. The van der Waals surface area contributed by atoms with E-state index in [1.54, 1.807) is 11.9 Å². The summed E-state index contributed by atoms with van der Waals surface area (Å²) in [6, 6.07) is 0. The van der Waals surface area contributed by atoms with Crippen LogP contribution in [0.4, 0.5) is 13.2 Å². The maximum Gasteiger partial charge on any atom is 0.471 e. The fourth-order valence-electron chi connectivity index (χ4n) is 2.36. The third-order valence-corrected chi connectivity index (χ3v) is 3.52. The van der Waals surface area contributed by atoms with Crippen molar-refractivity contribution in [3.63, 3.8) is 0 Å². The lowest BCUT2D eigenvalue weighted by Gasteiger charge is -2.34. The molecule has 20 heavy (non-hydrogen) atoms. The molecule has 7 heteroatoms. The van der Waals surface area contributed by atoms with Crippen molar-refractivity contribution in [1.29, 1.82) is 0 Å². The van der Waals surface area contributed by atoms with Crippen LogP contribution in [0.1, 0.15) is 32.6 Å². The minimum atomic E-state index is -4.86. The smallest absolute Gasteiger partial charge is 0.345 e. The summed E-state index contributed by atoms with van der Waals surface area (Å²) in [5.41, 5.74) is 0. The molecule has 1 fully saturated rings. The van der Waals surface area contributed by atoms with E-state index in [0.717, 1.165) is 17.7 Å². The molecule has 0 radical (unpaired) electrons. The summed E-state index contributed by atoms with van der Waals surface area (Å²) in [4.78, 5) is 25.6. The summed E-state index contributed by atoms with van der Waals surface area (Å²) >= 11 is 0. The first-order valence-corrected chi connectivity index (χ1v) is 6.88. The lowest BCUT2D eigenvalue weighted by atomic mass is 9.96. The van der Waals surface area contributed by atoms with Gasteiger partial charge in [-0.15, -0.1) is 0 Å². The van der Waals surface area contributed by atoms with Crippen LogP contribution in [0.3, 0.4) is 0 Å². The lowest BCUT2D eigenvalue weighted by molar-refractivity contribution is -0.187. The van der Waals surface area contributed by atoms with E-state index in [1.807, 2.05) is 6.92 Å². The number of halogens is 3. The number of amides is 2. The van der Waals surface area contributed by atoms with Gasteiger partial charge in [-0.2, -0.15) is 13.2 Å². The van der Waals surface area contributed by atoms with E-state index in [-0.39, 0.29) is 19.0 Å². The largest absolute Gasteiger partial charge is 0.471 e. The normalized spacial score (nSPS) is 19.9. The van der Waals surface area contributed by atoms with Crippen molar-refractivity contribution < 1.29 is 22.8 Å². The third kappa shape index (κ3) is 4.38. The standard InChI is InChI=1S/C13H21F3N2O2/c1-3-4-7-17(2)11(19)10-6-5-8-18(9-10)12(20)13(14,15)16/h10H,3-9H2,1-2H3. The Morgan fingerprint density at radius 1 is 1.35 bits per heavy atom. The number of carbonyl (C=O) groups excluding carboxylic acids is 2. The van der Waals surface area contributed by atoms with E-state index in [1.165, 1.54) is 0 Å². The Labute approximate surface area is 116 Å². The highest BCUT2D eigenvalue weighted by atomic mass is 19.4. The molecule has 1 unspecified atom stereocenters. The zero-order valence-electron chi connectivity index (χ0n) is 11.9. The molecule has 0 aromatic rings. The maximum absolute atomic E-state index is 12.4. The van der Waals surface area contributed by atoms with Gasteiger partial charge in [-0.1, -0.05) is 13.3 Å². The molecule has 0 aromatic heterocycles. The van der Waals surface area contributed by atoms with Crippen LogP contribution < -0.4 is 0 Å². The van der Waals surface area contributed by atoms with Crippen LogP contribution in [0.15, 0.2) is 0 Å². The zero-order chi connectivity index (χ0) is 15.3. The molecule has 0 saturated carbocycles. The highest BCUT2D eigenvalue weighted by Crippen LogP contribution is 2.24. The monoisotopic (exact) mass is 294 g/mol. The fourth-order valence-corrected chi connectivity index (χ4v) is 2.36. The molecule has 1 atom stereocenters. The summed E-state index contributed by atoms with van der Waals surface area (Å²) < 4.78 is 37.2. The van der Waals surface area contributed by atoms with Gasteiger partial charge in [0.05, 0.1) is 5.92 Å². The number of alkyl halides is 3. The molecule has 1 aliphatic rings. The van der Waals surface area contributed by atoms with Crippen molar-refractivity contribution in [3.8, 4) is 0 Å². The quantitative estimate of drug-likeness (QED) is 0.796. The van der Waals surface area contributed by atoms with Gasteiger partial charge in [-0.25, -0.2) is 0 Å². The minimum absolute atomic E-state index is 0.0702. The Balaban J connectivity index is 2.60. The molecular formula is C13H21F3N2O2. The van der Waals surface area contributed by atoms with E-state index < -0.39 is 18.0 Å². The average Bonchev–Trinajstić information content (AvgIpc) is 2.42. The van der Waals surface area contributed by atoms with Crippen LogP contribution in [0.2, 0.25) is 0 Å². The van der Waals surface area contributed by atoms with Crippen molar-refractivity contribution >= 4 is 11.8 Å². The molecule has 1 rings (SSSR count). The number of rotatable bonds is 4. The molecule has 0 bridgehead atoms. The highest BCUT2D eigenvalue weighted by molar-refractivity contribution is 5.84. The van der Waals surface area contributed by atoms with Gasteiger partial charge in [0, 0.05) is 26.7 Å². The fraction of sp³-hybridized carbons (Fsp3) is 0.846. The maximum atomic E-state index is 12.4. The molecule has 1 heterocycles. The second kappa shape index (κ2) is 6.95. The Morgan fingerprint density at radius 2 is 2.00 bits per heavy atom. The molecule has 0 aliphatic carbocycles. The van der Waals surface area contributed by atoms with E-state index in [0.29, 0.717) is 19.4 Å². The van der Waals surface area contributed by atoms with Gasteiger partial charge in [0.25, 0.3) is 0 Å². The highest BCUT2D eigenvalue weighted by Gasteiger charge is 2.44. The topological polar surface area (TPSA) is 40.6 Å². The van der Waals surface area contributed by atoms with Crippen LogP contribution in [0.5, 0.6) is 0 Å². The van der Waals surface area contributed by atoms with E-state index in [2.05, 4.69) is 0 Å². The molecule has 116 valence electrons. The average molecular weight is 294 g/mol. The lowest BCUT2D eigenvalue weighted by Crippen LogP contribution is -2.49. The predicted octanol–water partition coefficient (Wildman–Crippen LogP) is 2.05. The van der Waals surface area contributed by atoms with Gasteiger partial charge >= 0.3 is 12.1 Å². The first-order chi connectivity index (χ1) is 9.27. The van der Waals surface area contributed by atoms with Crippen molar-refractivity contribution in [1.82, 2.24) is 9.80 Å².